The molecule has 0 unspecified atom stereocenters. The van der Waals surface area contributed by atoms with Crippen LogP contribution in [0.4, 0.5) is 10.1 Å². The quantitative estimate of drug-likeness (QED) is 0.711. The number of nitrogens with one attached hydrogen (secondary N) is 1. The zero-order chi connectivity index (χ0) is 19.8. The van der Waals surface area contributed by atoms with Crippen LogP contribution in [0.15, 0.2) is 42.5 Å². The molecule has 1 atom stereocenters. The highest BCUT2D eigenvalue weighted by Gasteiger charge is 2.20. The van der Waals surface area contributed by atoms with Gasteiger partial charge in [0, 0.05) is 5.69 Å². The van der Waals surface area contributed by atoms with Gasteiger partial charge in [-0.15, -0.1) is 0 Å². The lowest BCUT2D eigenvalue weighted by Gasteiger charge is -2.15. The lowest BCUT2D eigenvalue weighted by atomic mass is 10.2. The van der Waals surface area contributed by atoms with Crippen molar-refractivity contribution in [3.8, 4) is 11.5 Å². The van der Waals surface area contributed by atoms with E-state index in [1.165, 1.54) is 37.3 Å². The largest absolute Gasteiger partial charge is 0.490 e. The molecule has 0 fully saturated rings. The summed E-state index contributed by atoms with van der Waals surface area (Å²) in [5, 5.41) is 2.56. The molecule has 0 heterocycles. The molecule has 0 aromatic heterocycles. The summed E-state index contributed by atoms with van der Waals surface area (Å²) in [6.07, 6.45) is -1.04. The molecule has 6 nitrogen and oxygen atoms in total. The van der Waals surface area contributed by atoms with Gasteiger partial charge in [0.25, 0.3) is 5.91 Å². The fourth-order valence-electron chi connectivity index (χ4n) is 2.24. The number of ether oxygens (including phenoxy) is 3. The minimum Gasteiger partial charge on any atom is -0.490 e. The molecule has 0 aliphatic carbocycles. The standard InChI is InChI=1S/C20H22FNO5/c1-4-25-17-11-6-14(12-18(17)26-5-2)20(24)27-13(3)19(23)22-16-9-7-15(21)8-10-16/h6-13H,4-5H2,1-3H3,(H,22,23)/t13-/m1/s1. The number of rotatable bonds is 8. The number of carbonyl (C=O) groups excluding carboxylic acids is 2. The van der Waals surface area contributed by atoms with Gasteiger partial charge in [0.15, 0.2) is 17.6 Å². The number of hydrogen-bond acceptors (Lipinski definition) is 5. The summed E-state index contributed by atoms with van der Waals surface area (Å²) in [5.74, 6) is -0.644. The molecule has 1 N–H and O–H groups in total. The molecule has 2 aromatic rings. The summed E-state index contributed by atoms with van der Waals surface area (Å²) in [5.41, 5.74) is 0.646. The van der Waals surface area contributed by atoms with E-state index in [1.807, 2.05) is 13.8 Å². The Morgan fingerprint density at radius 3 is 2.26 bits per heavy atom. The van der Waals surface area contributed by atoms with Gasteiger partial charge in [-0.3, -0.25) is 4.79 Å². The third-order valence-corrected chi connectivity index (χ3v) is 3.54. The van der Waals surface area contributed by atoms with E-state index >= 15 is 0 Å². The van der Waals surface area contributed by atoms with Gasteiger partial charge in [0.05, 0.1) is 18.8 Å². The first-order valence-corrected chi connectivity index (χ1v) is 8.61. The Bertz CT molecular complexity index is 791. The number of esters is 1. The zero-order valence-electron chi connectivity index (χ0n) is 15.5. The average Bonchev–Trinajstić information content (AvgIpc) is 2.65. The van der Waals surface area contributed by atoms with Gasteiger partial charge in [0.2, 0.25) is 0 Å². The molecule has 27 heavy (non-hydrogen) atoms. The lowest BCUT2D eigenvalue weighted by Crippen LogP contribution is -2.30. The molecule has 7 heteroatoms. The molecule has 2 aromatic carbocycles. The van der Waals surface area contributed by atoms with Crippen molar-refractivity contribution in [3.63, 3.8) is 0 Å². The maximum Gasteiger partial charge on any atom is 0.339 e. The first kappa shape index (κ1) is 20.2. The van der Waals surface area contributed by atoms with E-state index in [4.69, 9.17) is 14.2 Å². The molecule has 0 saturated carbocycles. The van der Waals surface area contributed by atoms with Crippen LogP contribution in [0.2, 0.25) is 0 Å². The van der Waals surface area contributed by atoms with E-state index in [-0.39, 0.29) is 5.56 Å². The topological polar surface area (TPSA) is 73.9 Å². The Labute approximate surface area is 157 Å². The van der Waals surface area contributed by atoms with Crippen molar-refractivity contribution in [2.45, 2.75) is 26.9 Å². The van der Waals surface area contributed by atoms with E-state index in [0.29, 0.717) is 30.4 Å². The number of amides is 1. The van der Waals surface area contributed by atoms with E-state index in [1.54, 1.807) is 12.1 Å². The third-order valence-electron chi connectivity index (χ3n) is 3.54. The van der Waals surface area contributed by atoms with Crippen LogP contribution in [0.5, 0.6) is 11.5 Å². The summed E-state index contributed by atoms with van der Waals surface area (Å²) in [4.78, 5) is 24.5. The van der Waals surface area contributed by atoms with Gasteiger partial charge >= 0.3 is 5.97 Å². The van der Waals surface area contributed by atoms with Gasteiger partial charge in [-0.05, 0) is 63.2 Å². The van der Waals surface area contributed by atoms with Crippen LogP contribution in [0.3, 0.4) is 0 Å². The second kappa shape index (κ2) is 9.56. The molecule has 144 valence electrons. The molecule has 1 amide bonds. The fraction of sp³-hybridized carbons (Fsp3) is 0.300. The van der Waals surface area contributed by atoms with Crippen LogP contribution in [0.25, 0.3) is 0 Å². The first-order valence-electron chi connectivity index (χ1n) is 8.61. The third kappa shape index (κ3) is 5.70. The van der Waals surface area contributed by atoms with Crippen LogP contribution in [-0.2, 0) is 9.53 Å². The highest BCUT2D eigenvalue weighted by Crippen LogP contribution is 2.29. The van der Waals surface area contributed by atoms with Crippen molar-refractivity contribution in [2.75, 3.05) is 18.5 Å². The van der Waals surface area contributed by atoms with Gasteiger partial charge in [-0.1, -0.05) is 0 Å². The summed E-state index contributed by atoms with van der Waals surface area (Å²) < 4.78 is 29.0. The summed E-state index contributed by atoms with van der Waals surface area (Å²) in [6, 6.07) is 9.96. The molecule has 0 radical (unpaired) electrons. The summed E-state index contributed by atoms with van der Waals surface area (Å²) in [7, 11) is 0. The van der Waals surface area contributed by atoms with Gasteiger partial charge in [0.1, 0.15) is 5.82 Å². The number of halogens is 1. The van der Waals surface area contributed by atoms with Gasteiger partial charge < -0.3 is 19.5 Å². The molecule has 2 rings (SSSR count). The zero-order valence-corrected chi connectivity index (χ0v) is 15.5. The molecule has 0 aliphatic heterocycles. The molecule has 0 bridgehead atoms. The Balaban J connectivity index is 2.03. The molecule has 0 spiro atoms. The van der Waals surface area contributed by atoms with Crippen molar-refractivity contribution in [1.82, 2.24) is 0 Å². The smallest absolute Gasteiger partial charge is 0.339 e. The Morgan fingerprint density at radius 1 is 1.00 bits per heavy atom. The summed E-state index contributed by atoms with van der Waals surface area (Å²) >= 11 is 0. The van der Waals surface area contributed by atoms with Crippen molar-refractivity contribution >= 4 is 17.6 Å². The number of carbonyl (C=O) groups is 2. The fourth-order valence-corrected chi connectivity index (χ4v) is 2.24. The van der Waals surface area contributed by atoms with E-state index in [0.717, 1.165) is 0 Å². The SMILES string of the molecule is CCOc1ccc(C(=O)O[C@H](C)C(=O)Nc2ccc(F)cc2)cc1OCC. The Morgan fingerprint density at radius 2 is 1.63 bits per heavy atom. The molecule has 0 aliphatic rings. The van der Waals surface area contributed by atoms with Crippen LogP contribution in [0, 0.1) is 5.82 Å². The minimum absolute atomic E-state index is 0.239. The summed E-state index contributed by atoms with van der Waals surface area (Å²) in [6.45, 7) is 6.00. The van der Waals surface area contributed by atoms with Crippen molar-refractivity contribution in [2.24, 2.45) is 0 Å². The van der Waals surface area contributed by atoms with E-state index < -0.39 is 23.8 Å². The highest BCUT2D eigenvalue weighted by molar-refractivity contribution is 5.97. The predicted molar refractivity (Wildman–Crippen MR) is 98.7 cm³/mol. The maximum atomic E-state index is 12.9. The second-order valence-corrected chi connectivity index (χ2v) is 5.57. The minimum atomic E-state index is -1.04. The van der Waals surface area contributed by atoms with E-state index in [2.05, 4.69) is 5.32 Å². The predicted octanol–water partition coefficient (Wildman–Crippen LogP) is 3.81. The number of benzene rings is 2. The lowest BCUT2D eigenvalue weighted by molar-refractivity contribution is -0.123. The molecular weight excluding hydrogens is 353 g/mol. The Hall–Kier alpha value is -3.09. The van der Waals surface area contributed by atoms with Crippen molar-refractivity contribution in [1.29, 1.82) is 0 Å². The van der Waals surface area contributed by atoms with Crippen LogP contribution in [-0.4, -0.2) is 31.2 Å². The average molecular weight is 375 g/mol. The van der Waals surface area contributed by atoms with Crippen LogP contribution in [0.1, 0.15) is 31.1 Å². The van der Waals surface area contributed by atoms with E-state index in [9.17, 15) is 14.0 Å². The van der Waals surface area contributed by atoms with Crippen molar-refractivity contribution in [3.05, 3.63) is 53.8 Å². The Kier molecular flexibility index (Phi) is 7.16. The normalized spacial score (nSPS) is 11.4. The molecular formula is C20H22FNO5. The van der Waals surface area contributed by atoms with Gasteiger partial charge in [-0.25, -0.2) is 9.18 Å². The number of anilines is 1. The number of hydrogen-bond donors (Lipinski definition) is 1. The first-order chi connectivity index (χ1) is 12.9. The molecule has 0 saturated heterocycles. The van der Waals surface area contributed by atoms with Crippen LogP contribution >= 0.6 is 0 Å². The second-order valence-electron chi connectivity index (χ2n) is 5.57. The highest BCUT2D eigenvalue weighted by atomic mass is 19.1. The van der Waals surface area contributed by atoms with Crippen molar-refractivity contribution < 1.29 is 28.2 Å². The maximum absolute atomic E-state index is 12.9. The van der Waals surface area contributed by atoms with Crippen LogP contribution < -0.4 is 14.8 Å². The monoisotopic (exact) mass is 375 g/mol. The van der Waals surface area contributed by atoms with Gasteiger partial charge in [-0.2, -0.15) is 0 Å².